The van der Waals surface area contributed by atoms with Gasteiger partial charge in [0.15, 0.2) is 23.2 Å². The Labute approximate surface area is 302 Å². The number of anilines is 2. The van der Waals surface area contributed by atoms with Crippen LogP contribution in [0.1, 0.15) is 50.5 Å². The molecule has 3 saturated heterocycles. The number of hydrogen-bond acceptors (Lipinski definition) is 12. The number of carbonyl (C=O) groups is 2. The smallest absolute Gasteiger partial charge is 0.456 e. The quantitative estimate of drug-likeness (QED) is 0.212. The standard InChI is InChI=1S/C36H40F3N7O7/c1-35(2,3)53-34(50)45-17-22-14-23(45)16-44(22)33-42-29(40-15-24(20-10-6-4-7-11-20)21-12-8-5-9-13-21)26-30(43-33)46(19-41-26)31-28(48)27(47)25(52-31)18-51-32(49)36(37,38)39/h4-13,19,22-25,27-28,31,47-48H,14-18H2,1-3H3,(H,40,42,43)/t22?,23?,25-,27-,28?,31?/m1/s1. The Balaban J connectivity index is 1.21. The van der Waals surface area contributed by atoms with E-state index in [1.807, 2.05) is 86.3 Å². The number of piperazine rings is 1. The fraction of sp³-hybridized carbons (Fsp3) is 0.472. The third kappa shape index (κ3) is 7.45. The van der Waals surface area contributed by atoms with Gasteiger partial charge in [0, 0.05) is 25.6 Å². The summed E-state index contributed by atoms with van der Waals surface area (Å²) >= 11 is 0. The molecule has 14 nitrogen and oxygen atoms in total. The molecule has 2 aromatic carbocycles. The predicted molar refractivity (Wildman–Crippen MR) is 184 cm³/mol. The Morgan fingerprint density at radius 2 is 1.62 bits per heavy atom. The monoisotopic (exact) mass is 739 g/mol. The van der Waals surface area contributed by atoms with E-state index in [0.717, 1.165) is 11.1 Å². The Kier molecular flexibility index (Phi) is 9.67. The van der Waals surface area contributed by atoms with Crippen molar-refractivity contribution in [2.45, 2.75) is 81.5 Å². The van der Waals surface area contributed by atoms with E-state index in [0.29, 0.717) is 43.3 Å². The van der Waals surface area contributed by atoms with Crippen LogP contribution in [0.5, 0.6) is 0 Å². The second-order valence-corrected chi connectivity index (χ2v) is 14.4. The maximum atomic E-state index is 13.0. The van der Waals surface area contributed by atoms with Crippen molar-refractivity contribution in [3.8, 4) is 0 Å². The second-order valence-electron chi connectivity index (χ2n) is 14.4. The van der Waals surface area contributed by atoms with Crippen LogP contribution in [0.15, 0.2) is 67.0 Å². The molecule has 53 heavy (non-hydrogen) atoms. The number of ether oxygens (including phenoxy) is 3. The zero-order chi connectivity index (χ0) is 37.7. The number of amides is 1. The van der Waals surface area contributed by atoms with E-state index in [1.54, 1.807) is 4.90 Å². The van der Waals surface area contributed by atoms with Crippen molar-refractivity contribution in [1.82, 2.24) is 24.4 Å². The molecule has 3 fully saturated rings. The fourth-order valence-corrected chi connectivity index (χ4v) is 7.13. The van der Waals surface area contributed by atoms with Gasteiger partial charge in [0.05, 0.1) is 18.4 Å². The molecular formula is C36H40F3N7O7. The third-order valence-corrected chi connectivity index (χ3v) is 9.63. The molecule has 7 rings (SSSR count). The highest BCUT2D eigenvalue weighted by Crippen LogP contribution is 2.38. The summed E-state index contributed by atoms with van der Waals surface area (Å²) in [6.07, 6.45) is -9.77. The van der Waals surface area contributed by atoms with Crippen molar-refractivity contribution in [3.05, 3.63) is 78.1 Å². The lowest BCUT2D eigenvalue weighted by atomic mass is 9.91. The van der Waals surface area contributed by atoms with Crippen LogP contribution in [-0.4, -0.2) is 115 Å². The lowest BCUT2D eigenvalue weighted by Gasteiger charge is -2.35. The van der Waals surface area contributed by atoms with Crippen LogP contribution in [0.3, 0.4) is 0 Å². The van der Waals surface area contributed by atoms with E-state index in [4.69, 9.17) is 19.4 Å². The fourth-order valence-electron chi connectivity index (χ4n) is 7.13. The number of carbonyl (C=O) groups excluding carboxylic acids is 2. The van der Waals surface area contributed by atoms with Gasteiger partial charge >= 0.3 is 18.2 Å². The van der Waals surface area contributed by atoms with Crippen LogP contribution in [0.2, 0.25) is 0 Å². The van der Waals surface area contributed by atoms with Gasteiger partial charge in [0.2, 0.25) is 5.95 Å². The number of aromatic nitrogens is 4. The number of esters is 1. The number of benzene rings is 2. The summed E-state index contributed by atoms with van der Waals surface area (Å²) in [4.78, 5) is 42.3. The number of fused-ring (bicyclic) bond motifs is 3. The van der Waals surface area contributed by atoms with Gasteiger partial charge in [-0.15, -0.1) is 0 Å². The van der Waals surface area contributed by atoms with Crippen molar-refractivity contribution in [3.63, 3.8) is 0 Å². The van der Waals surface area contributed by atoms with Crippen molar-refractivity contribution >= 4 is 35.0 Å². The maximum Gasteiger partial charge on any atom is 0.490 e. The molecule has 4 aromatic rings. The molecule has 0 radical (unpaired) electrons. The highest BCUT2D eigenvalue weighted by molar-refractivity contribution is 5.85. The van der Waals surface area contributed by atoms with Gasteiger partial charge in [0.25, 0.3) is 0 Å². The molecule has 5 heterocycles. The molecule has 3 N–H and O–H groups in total. The van der Waals surface area contributed by atoms with E-state index >= 15 is 0 Å². The van der Waals surface area contributed by atoms with Crippen molar-refractivity contribution in [2.75, 3.05) is 36.5 Å². The minimum Gasteiger partial charge on any atom is -0.456 e. The minimum absolute atomic E-state index is 0.0894. The van der Waals surface area contributed by atoms with Gasteiger partial charge in [-0.25, -0.2) is 14.6 Å². The first-order chi connectivity index (χ1) is 25.2. The highest BCUT2D eigenvalue weighted by atomic mass is 19.4. The normalized spacial score (nSPS) is 24.3. The predicted octanol–water partition coefficient (Wildman–Crippen LogP) is 3.99. The molecule has 2 bridgehead atoms. The number of rotatable bonds is 9. The van der Waals surface area contributed by atoms with Gasteiger partial charge in [-0.1, -0.05) is 60.7 Å². The van der Waals surface area contributed by atoms with Crippen LogP contribution in [0.25, 0.3) is 11.2 Å². The first-order valence-electron chi connectivity index (χ1n) is 17.3. The number of likely N-dealkylation sites (tertiary alicyclic amines) is 1. The van der Waals surface area contributed by atoms with Crippen LogP contribution < -0.4 is 10.2 Å². The van der Waals surface area contributed by atoms with E-state index in [1.165, 1.54) is 10.9 Å². The Hall–Kier alpha value is -5.00. The van der Waals surface area contributed by atoms with Crippen LogP contribution in [0, 0.1) is 0 Å². The van der Waals surface area contributed by atoms with E-state index in [2.05, 4.69) is 15.0 Å². The van der Waals surface area contributed by atoms with Crippen molar-refractivity contribution < 1.29 is 47.2 Å². The summed E-state index contributed by atoms with van der Waals surface area (Å²) in [6.45, 7) is 5.71. The number of hydrogen-bond donors (Lipinski definition) is 3. The second kappa shape index (κ2) is 14.1. The zero-order valence-corrected chi connectivity index (χ0v) is 29.2. The molecule has 0 saturated carbocycles. The van der Waals surface area contributed by atoms with Gasteiger partial charge in [0.1, 0.15) is 30.5 Å². The summed E-state index contributed by atoms with van der Waals surface area (Å²) in [5, 5.41) is 25.2. The van der Waals surface area contributed by atoms with E-state index < -0.39 is 55.0 Å². The molecule has 2 aromatic heterocycles. The summed E-state index contributed by atoms with van der Waals surface area (Å²) < 4.78 is 55.4. The first kappa shape index (κ1) is 36.4. The number of imidazole rings is 1. The molecule has 0 spiro atoms. The van der Waals surface area contributed by atoms with Gasteiger partial charge < -0.3 is 39.5 Å². The molecule has 282 valence electrons. The number of alkyl halides is 3. The van der Waals surface area contributed by atoms with Crippen LogP contribution in [0.4, 0.5) is 29.7 Å². The molecule has 3 aliphatic heterocycles. The first-order valence-corrected chi connectivity index (χ1v) is 17.3. The summed E-state index contributed by atoms with van der Waals surface area (Å²) in [5.74, 6) is -1.84. The average Bonchev–Trinajstić information content (AvgIpc) is 3.90. The molecule has 3 aliphatic rings. The molecule has 0 aliphatic carbocycles. The SMILES string of the molecule is CC(C)(C)OC(=O)N1CC2CC1CN2c1nc(NCC(c2ccccc2)c2ccccc2)c2ncn(C3O[C@H](COC(=O)C(F)(F)F)[C@@H](O)C3O)c2n1. The van der Waals surface area contributed by atoms with Crippen molar-refractivity contribution in [2.24, 2.45) is 0 Å². The molecular weight excluding hydrogens is 699 g/mol. The minimum atomic E-state index is -5.24. The summed E-state index contributed by atoms with van der Waals surface area (Å²) in [7, 11) is 0. The van der Waals surface area contributed by atoms with Crippen LogP contribution >= 0.6 is 0 Å². The van der Waals surface area contributed by atoms with Crippen LogP contribution in [-0.2, 0) is 19.0 Å². The lowest BCUT2D eigenvalue weighted by Crippen LogP contribution is -2.50. The number of halogens is 3. The van der Waals surface area contributed by atoms with E-state index in [-0.39, 0.29) is 23.6 Å². The highest BCUT2D eigenvalue weighted by Gasteiger charge is 2.49. The van der Waals surface area contributed by atoms with Crippen molar-refractivity contribution in [1.29, 1.82) is 0 Å². The summed E-state index contributed by atoms with van der Waals surface area (Å²) in [6, 6.07) is 19.7. The average molecular weight is 740 g/mol. The molecule has 4 unspecified atom stereocenters. The number of nitrogens with one attached hydrogen (secondary N) is 1. The third-order valence-electron chi connectivity index (χ3n) is 9.63. The summed E-state index contributed by atoms with van der Waals surface area (Å²) in [5.41, 5.74) is 2.00. The lowest BCUT2D eigenvalue weighted by molar-refractivity contribution is -0.203. The number of nitrogens with zero attached hydrogens (tertiary/aromatic N) is 6. The van der Waals surface area contributed by atoms with Gasteiger partial charge in [-0.3, -0.25) is 4.57 Å². The number of aliphatic hydroxyl groups is 2. The maximum absolute atomic E-state index is 13.0. The topological polar surface area (TPSA) is 164 Å². The zero-order valence-electron chi connectivity index (χ0n) is 29.2. The largest absolute Gasteiger partial charge is 0.490 e. The number of aliphatic hydroxyl groups excluding tert-OH is 2. The van der Waals surface area contributed by atoms with E-state index in [9.17, 15) is 33.0 Å². The Bertz CT molecular complexity index is 1900. The van der Waals surface area contributed by atoms with Gasteiger partial charge in [-0.05, 0) is 38.3 Å². The Morgan fingerprint density at radius 3 is 2.21 bits per heavy atom. The molecule has 17 heteroatoms. The molecule has 1 amide bonds. The van der Waals surface area contributed by atoms with Gasteiger partial charge in [-0.2, -0.15) is 23.1 Å². The Morgan fingerprint density at radius 1 is 0.962 bits per heavy atom. The molecule has 6 atom stereocenters.